The summed E-state index contributed by atoms with van der Waals surface area (Å²) in [6.07, 6.45) is 1.27. The van der Waals surface area contributed by atoms with E-state index in [1.165, 1.54) is 25.1 Å². The van der Waals surface area contributed by atoms with E-state index in [2.05, 4.69) is 15.6 Å². The van der Waals surface area contributed by atoms with E-state index in [4.69, 9.17) is 9.15 Å². The Kier molecular flexibility index (Phi) is 7.49. The minimum Gasteiger partial charge on any atom is -0.467 e. The lowest BCUT2D eigenvalue weighted by Gasteiger charge is -2.15. The number of carbonyl (C=O) groups excluding carboxylic acids is 2. The first-order valence-corrected chi connectivity index (χ1v) is 8.89. The number of rotatable bonds is 9. The number of esters is 1. The van der Waals surface area contributed by atoms with E-state index < -0.39 is 17.9 Å². The number of amides is 1. The maximum atomic E-state index is 12.3. The standard InChI is InChI=1S/C17H21N3O4S/c1-18-8-15-19-13(9-24-15)16(21)20-14(17(22)23-2)11-25-10-12-6-4-3-5-7-12/h3-7,9,14,18H,8,10-11H2,1-2H3,(H,20,21). The van der Waals surface area contributed by atoms with Crippen molar-refractivity contribution in [1.82, 2.24) is 15.6 Å². The van der Waals surface area contributed by atoms with Gasteiger partial charge in [-0.15, -0.1) is 0 Å². The molecular weight excluding hydrogens is 342 g/mol. The second-order valence-corrected chi connectivity index (χ2v) is 6.24. The third-order valence-electron chi connectivity index (χ3n) is 3.30. The first-order valence-electron chi connectivity index (χ1n) is 7.73. The fourth-order valence-electron chi connectivity index (χ4n) is 2.06. The van der Waals surface area contributed by atoms with Crippen LogP contribution in [0.3, 0.4) is 0 Å². The molecule has 1 unspecified atom stereocenters. The van der Waals surface area contributed by atoms with Gasteiger partial charge < -0.3 is 19.8 Å². The van der Waals surface area contributed by atoms with Crippen LogP contribution < -0.4 is 10.6 Å². The summed E-state index contributed by atoms with van der Waals surface area (Å²) in [7, 11) is 3.05. The third kappa shape index (κ3) is 5.91. The van der Waals surface area contributed by atoms with Crippen LogP contribution in [0.1, 0.15) is 21.9 Å². The van der Waals surface area contributed by atoms with Gasteiger partial charge in [0.25, 0.3) is 5.91 Å². The first-order chi connectivity index (χ1) is 12.1. The molecule has 1 aromatic carbocycles. The normalized spacial score (nSPS) is 11.8. The predicted octanol–water partition coefficient (Wildman–Crippen LogP) is 1.60. The maximum Gasteiger partial charge on any atom is 0.329 e. The van der Waals surface area contributed by atoms with Gasteiger partial charge >= 0.3 is 5.97 Å². The molecule has 1 atom stereocenters. The van der Waals surface area contributed by atoms with Gasteiger partial charge in [-0.05, 0) is 12.6 Å². The molecule has 2 aromatic rings. The molecule has 0 aliphatic rings. The molecule has 1 aromatic heterocycles. The van der Waals surface area contributed by atoms with Gasteiger partial charge in [0, 0.05) is 11.5 Å². The molecule has 7 nitrogen and oxygen atoms in total. The Balaban J connectivity index is 1.92. The quantitative estimate of drug-likeness (QED) is 0.654. The van der Waals surface area contributed by atoms with Gasteiger partial charge in [0.15, 0.2) is 5.69 Å². The number of ether oxygens (including phenoxy) is 1. The minimum absolute atomic E-state index is 0.132. The Bertz CT molecular complexity index is 690. The van der Waals surface area contributed by atoms with Crippen LogP contribution >= 0.6 is 11.8 Å². The number of nitrogens with zero attached hydrogens (tertiary/aromatic N) is 1. The molecule has 134 valence electrons. The van der Waals surface area contributed by atoms with Gasteiger partial charge in [-0.3, -0.25) is 4.79 Å². The molecule has 0 bridgehead atoms. The van der Waals surface area contributed by atoms with Crippen molar-refractivity contribution in [3.05, 3.63) is 53.7 Å². The average molecular weight is 363 g/mol. The van der Waals surface area contributed by atoms with Crippen LogP contribution in [0.25, 0.3) is 0 Å². The van der Waals surface area contributed by atoms with Crippen molar-refractivity contribution in [1.29, 1.82) is 0 Å². The number of carbonyl (C=O) groups is 2. The van der Waals surface area contributed by atoms with E-state index in [0.717, 1.165) is 11.3 Å². The summed E-state index contributed by atoms with van der Waals surface area (Å²) in [5.41, 5.74) is 1.28. The highest BCUT2D eigenvalue weighted by Gasteiger charge is 2.23. The number of methoxy groups -OCH3 is 1. The molecule has 0 spiro atoms. The number of benzene rings is 1. The summed E-state index contributed by atoms with van der Waals surface area (Å²) in [6.45, 7) is 0.417. The van der Waals surface area contributed by atoms with Crippen LogP contribution in [-0.4, -0.2) is 42.8 Å². The Morgan fingerprint density at radius 3 is 2.76 bits per heavy atom. The van der Waals surface area contributed by atoms with Crippen molar-refractivity contribution >= 4 is 23.6 Å². The molecule has 0 saturated carbocycles. The van der Waals surface area contributed by atoms with Crippen molar-refractivity contribution in [2.24, 2.45) is 0 Å². The van der Waals surface area contributed by atoms with E-state index in [9.17, 15) is 9.59 Å². The molecule has 2 rings (SSSR count). The zero-order valence-corrected chi connectivity index (χ0v) is 15.0. The second kappa shape index (κ2) is 9.85. The minimum atomic E-state index is -0.754. The number of hydrogen-bond acceptors (Lipinski definition) is 7. The van der Waals surface area contributed by atoms with E-state index >= 15 is 0 Å². The summed E-state index contributed by atoms with van der Waals surface area (Å²) in [5, 5.41) is 5.53. The Labute approximate surface area is 150 Å². The molecule has 1 heterocycles. The Hall–Kier alpha value is -2.32. The highest BCUT2D eigenvalue weighted by Crippen LogP contribution is 2.14. The van der Waals surface area contributed by atoms with Crippen molar-refractivity contribution in [2.45, 2.75) is 18.3 Å². The number of aromatic nitrogens is 1. The van der Waals surface area contributed by atoms with E-state index in [1.807, 2.05) is 30.3 Å². The topological polar surface area (TPSA) is 93.5 Å². The molecule has 0 aliphatic heterocycles. The van der Waals surface area contributed by atoms with Crippen molar-refractivity contribution < 1.29 is 18.7 Å². The van der Waals surface area contributed by atoms with Gasteiger partial charge in [-0.1, -0.05) is 30.3 Å². The molecule has 0 aliphatic carbocycles. The van der Waals surface area contributed by atoms with Crippen LogP contribution in [0.4, 0.5) is 0 Å². The highest BCUT2D eigenvalue weighted by molar-refractivity contribution is 7.98. The van der Waals surface area contributed by atoms with E-state index in [0.29, 0.717) is 18.2 Å². The van der Waals surface area contributed by atoms with Gasteiger partial charge in [-0.25, -0.2) is 9.78 Å². The van der Waals surface area contributed by atoms with E-state index in [-0.39, 0.29) is 5.69 Å². The van der Waals surface area contributed by atoms with Gasteiger partial charge in [0.05, 0.1) is 13.7 Å². The molecule has 8 heteroatoms. The highest BCUT2D eigenvalue weighted by atomic mass is 32.2. The van der Waals surface area contributed by atoms with Crippen molar-refractivity contribution in [3.63, 3.8) is 0 Å². The summed E-state index contributed by atoms with van der Waals surface area (Å²) >= 11 is 1.54. The molecule has 25 heavy (non-hydrogen) atoms. The maximum absolute atomic E-state index is 12.3. The van der Waals surface area contributed by atoms with Crippen LogP contribution in [0.15, 0.2) is 41.0 Å². The summed E-state index contributed by atoms with van der Waals surface area (Å²) < 4.78 is 9.95. The lowest BCUT2D eigenvalue weighted by molar-refractivity contribution is -0.142. The Morgan fingerprint density at radius 1 is 1.32 bits per heavy atom. The summed E-state index contributed by atoms with van der Waals surface area (Å²) in [6, 6.07) is 9.14. The SMILES string of the molecule is CNCc1nc(C(=O)NC(CSCc2ccccc2)C(=O)OC)co1. The fraction of sp³-hybridized carbons (Fsp3) is 0.353. The van der Waals surface area contributed by atoms with Crippen LogP contribution in [0, 0.1) is 0 Å². The fourth-order valence-corrected chi connectivity index (χ4v) is 3.06. The van der Waals surface area contributed by atoms with Gasteiger partial charge in [-0.2, -0.15) is 11.8 Å². The Morgan fingerprint density at radius 2 is 2.08 bits per heavy atom. The number of hydrogen-bond donors (Lipinski definition) is 2. The van der Waals surface area contributed by atoms with Crippen LogP contribution in [0.5, 0.6) is 0 Å². The van der Waals surface area contributed by atoms with Crippen molar-refractivity contribution in [2.75, 3.05) is 19.9 Å². The smallest absolute Gasteiger partial charge is 0.329 e. The van der Waals surface area contributed by atoms with E-state index in [1.54, 1.807) is 7.05 Å². The summed E-state index contributed by atoms with van der Waals surface area (Å²) in [5.74, 6) is 0.574. The summed E-state index contributed by atoms with van der Waals surface area (Å²) in [4.78, 5) is 28.2. The van der Waals surface area contributed by atoms with Crippen molar-refractivity contribution in [3.8, 4) is 0 Å². The van der Waals surface area contributed by atoms with Crippen LogP contribution in [0.2, 0.25) is 0 Å². The number of oxazole rings is 1. The predicted molar refractivity (Wildman–Crippen MR) is 95.1 cm³/mol. The second-order valence-electron chi connectivity index (χ2n) is 5.21. The lowest BCUT2D eigenvalue weighted by atomic mass is 10.2. The average Bonchev–Trinajstić information content (AvgIpc) is 3.10. The van der Waals surface area contributed by atoms with Gasteiger partial charge in [0.1, 0.15) is 12.3 Å². The van der Waals surface area contributed by atoms with Gasteiger partial charge in [0.2, 0.25) is 5.89 Å². The lowest BCUT2D eigenvalue weighted by Crippen LogP contribution is -2.43. The molecule has 0 radical (unpaired) electrons. The monoisotopic (exact) mass is 363 g/mol. The number of nitrogens with one attached hydrogen (secondary N) is 2. The first kappa shape index (κ1) is 19.0. The third-order valence-corrected chi connectivity index (χ3v) is 4.41. The largest absolute Gasteiger partial charge is 0.467 e. The molecule has 1 amide bonds. The van der Waals surface area contributed by atoms with Crippen LogP contribution in [-0.2, 0) is 21.8 Å². The number of thioether (sulfide) groups is 1. The molecule has 0 saturated heterocycles. The zero-order chi connectivity index (χ0) is 18.1. The zero-order valence-electron chi connectivity index (χ0n) is 14.2. The molecule has 2 N–H and O–H groups in total. The molecular formula is C17H21N3O4S. The molecule has 0 fully saturated rings.